The van der Waals surface area contributed by atoms with Crippen molar-refractivity contribution >= 4 is 27.5 Å². The van der Waals surface area contributed by atoms with Gasteiger partial charge in [0, 0.05) is 25.6 Å². The van der Waals surface area contributed by atoms with Crippen LogP contribution in [0.3, 0.4) is 0 Å². The van der Waals surface area contributed by atoms with E-state index in [1.54, 1.807) is 18.2 Å². The number of aryl methyl sites for hydroxylation is 1. The van der Waals surface area contributed by atoms with Crippen molar-refractivity contribution in [2.45, 2.75) is 32.9 Å². The Morgan fingerprint density at radius 3 is 2.25 bits per heavy atom. The van der Waals surface area contributed by atoms with Crippen molar-refractivity contribution in [2.75, 3.05) is 36.9 Å². The van der Waals surface area contributed by atoms with Crippen LogP contribution in [0, 0.1) is 6.92 Å². The fraction of sp³-hybridized carbons (Fsp3) is 0.333. The lowest BCUT2D eigenvalue weighted by Crippen LogP contribution is -2.53. The maximum atomic E-state index is 14.1. The molecule has 10 heteroatoms. The highest BCUT2D eigenvalue weighted by atomic mass is 32.2. The minimum atomic E-state index is -3.88. The fourth-order valence-corrected chi connectivity index (χ4v) is 5.38. The van der Waals surface area contributed by atoms with Gasteiger partial charge in [-0.3, -0.25) is 13.9 Å². The first-order valence-electron chi connectivity index (χ1n) is 13.2. The number of rotatable bonds is 11. The maximum absolute atomic E-state index is 14.1. The van der Waals surface area contributed by atoms with Crippen LogP contribution in [0.2, 0.25) is 0 Å². The van der Waals surface area contributed by atoms with Crippen LogP contribution in [-0.2, 0) is 32.6 Å². The summed E-state index contributed by atoms with van der Waals surface area (Å²) in [5.74, 6) is 0.102. The van der Waals surface area contributed by atoms with Crippen molar-refractivity contribution in [2.24, 2.45) is 0 Å². The van der Waals surface area contributed by atoms with E-state index in [9.17, 15) is 18.0 Å². The summed E-state index contributed by atoms with van der Waals surface area (Å²) in [4.78, 5) is 28.9. The van der Waals surface area contributed by atoms with Gasteiger partial charge in [0.25, 0.3) is 0 Å². The Kier molecular flexibility index (Phi) is 9.31. The van der Waals surface area contributed by atoms with E-state index in [4.69, 9.17) is 9.47 Å². The topological polar surface area (TPSA) is 105 Å². The Morgan fingerprint density at radius 2 is 1.60 bits per heavy atom. The van der Waals surface area contributed by atoms with E-state index < -0.39 is 28.5 Å². The molecule has 1 N–H and O–H groups in total. The molecule has 2 amide bonds. The summed E-state index contributed by atoms with van der Waals surface area (Å²) >= 11 is 0. The number of ether oxygens (including phenoxy) is 2. The number of hydrogen-bond acceptors (Lipinski definition) is 6. The first-order valence-corrected chi connectivity index (χ1v) is 15.0. The standard InChI is InChI=1S/C30H35N3O6S/c1-4-31-30(35)26(18-23-8-6-5-7-9-23)32(20-24-12-10-22(2)11-13-24)29(34)21-33(40(3,36)37)25-14-15-27-28(19-25)39-17-16-38-27/h5-15,19,26H,4,16-18,20-21H2,1-3H3,(H,31,35)/t26-/m0/s1. The van der Waals surface area contributed by atoms with Gasteiger partial charge in [0.2, 0.25) is 21.8 Å². The molecule has 3 aromatic carbocycles. The van der Waals surface area contributed by atoms with Crippen molar-refractivity contribution in [3.63, 3.8) is 0 Å². The van der Waals surface area contributed by atoms with Gasteiger partial charge in [-0.15, -0.1) is 0 Å². The van der Waals surface area contributed by atoms with Gasteiger partial charge in [-0.25, -0.2) is 8.42 Å². The lowest BCUT2D eigenvalue weighted by atomic mass is 10.0. The molecule has 0 bridgehead atoms. The van der Waals surface area contributed by atoms with Gasteiger partial charge in [0.15, 0.2) is 11.5 Å². The van der Waals surface area contributed by atoms with Crippen LogP contribution in [0.5, 0.6) is 11.5 Å². The molecule has 0 saturated heterocycles. The van der Waals surface area contributed by atoms with Crippen molar-refractivity contribution in [3.05, 3.63) is 89.5 Å². The number of nitrogens with zero attached hydrogens (tertiary/aromatic N) is 2. The Labute approximate surface area is 235 Å². The second-order valence-corrected chi connectivity index (χ2v) is 11.6. The van der Waals surface area contributed by atoms with Gasteiger partial charge in [-0.1, -0.05) is 60.2 Å². The molecule has 1 atom stereocenters. The lowest BCUT2D eigenvalue weighted by Gasteiger charge is -2.33. The van der Waals surface area contributed by atoms with Crippen LogP contribution in [-0.4, -0.2) is 63.7 Å². The Morgan fingerprint density at radius 1 is 0.925 bits per heavy atom. The number of likely N-dealkylation sites (N-methyl/N-ethyl adjacent to an activating group) is 1. The highest BCUT2D eigenvalue weighted by Gasteiger charge is 2.33. The van der Waals surface area contributed by atoms with Gasteiger partial charge in [-0.2, -0.15) is 0 Å². The summed E-state index contributed by atoms with van der Waals surface area (Å²) in [5, 5.41) is 2.85. The van der Waals surface area contributed by atoms with Crippen LogP contribution < -0.4 is 19.1 Å². The van der Waals surface area contributed by atoms with Crippen LogP contribution in [0.25, 0.3) is 0 Å². The average Bonchev–Trinajstić information content (AvgIpc) is 2.94. The molecule has 1 aliphatic rings. The average molecular weight is 566 g/mol. The molecule has 9 nitrogen and oxygen atoms in total. The Hall–Kier alpha value is -4.05. The third-order valence-corrected chi connectivity index (χ3v) is 7.73. The predicted octanol–water partition coefficient (Wildman–Crippen LogP) is 3.31. The summed E-state index contributed by atoms with van der Waals surface area (Å²) in [5.41, 5.74) is 3.04. The van der Waals surface area contributed by atoms with E-state index in [1.807, 2.05) is 68.4 Å². The third-order valence-electron chi connectivity index (χ3n) is 6.59. The number of benzene rings is 3. The van der Waals surface area contributed by atoms with Gasteiger partial charge in [-0.05, 0) is 37.1 Å². The number of carbonyl (C=O) groups is 2. The molecule has 0 fully saturated rings. The summed E-state index contributed by atoms with van der Waals surface area (Å²) in [7, 11) is -3.88. The first-order chi connectivity index (χ1) is 19.2. The predicted molar refractivity (Wildman–Crippen MR) is 154 cm³/mol. The molecule has 212 valence electrons. The molecule has 0 radical (unpaired) electrons. The van der Waals surface area contributed by atoms with Gasteiger partial charge < -0.3 is 19.7 Å². The Bertz CT molecular complexity index is 1430. The van der Waals surface area contributed by atoms with Crippen LogP contribution >= 0.6 is 0 Å². The smallest absolute Gasteiger partial charge is 0.244 e. The molecular weight excluding hydrogens is 530 g/mol. The molecule has 1 aliphatic heterocycles. The zero-order chi connectivity index (χ0) is 28.7. The maximum Gasteiger partial charge on any atom is 0.244 e. The van der Waals surface area contributed by atoms with Gasteiger partial charge in [0.05, 0.1) is 11.9 Å². The van der Waals surface area contributed by atoms with Crippen molar-refractivity contribution in [3.8, 4) is 11.5 Å². The third kappa shape index (κ3) is 7.32. The number of nitrogens with one attached hydrogen (secondary N) is 1. The first kappa shape index (κ1) is 28.9. The molecule has 1 heterocycles. The largest absolute Gasteiger partial charge is 0.486 e. The van der Waals surface area contributed by atoms with E-state index in [0.717, 1.165) is 27.3 Å². The molecule has 0 aromatic heterocycles. The molecule has 0 aliphatic carbocycles. The minimum Gasteiger partial charge on any atom is -0.486 e. The number of carbonyl (C=O) groups excluding carboxylic acids is 2. The van der Waals surface area contributed by atoms with E-state index >= 15 is 0 Å². The number of anilines is 1. The van der Waals surface area contributed by atoms with Crippen molar-refractivity contribution in [1.29, 1.82) is 0 Å². The molecule has 40 heavy (non-hydrogen) atoms. The second kappa shape index (κ2) is 12.9. The highest BCUT2D eigenvalue weighted by Crippen LogP contribution is 2.34. The van der Waals surface area contributed by atoms with E-state index in [2.05, 4.69) is 5.32 Å². The monoisotopic (exact) mass is 565 g/mol. The molecule has 0 spiro atoms. The van der Waals surface area contributed by atoms with Gasteiger partial charge >= 0.3 is 0 Å². The normalized spacial score (nSPS) is 13.3. The Balaban J connectivity index is 1.71. The van der Waals surface area contributed by atoms with Gasteiger partial charge in [0.1, 0.15) is 25.8 Å². The summed E-state index contributed by atoms with van der Waals surface area (Å²) in [6.45, 7) is 4.56. The summed E-state index contributed by atoms with van der Waals surface area (Å²) < 4.78 is 38.1. The van der Waals surface area contributed by atoms with Crippen molar-refractivity contribution in [1.82, 2.24) is 10.2 Å². The molecule has 0 saturated carbocycles. The fourth-order valence-electron chi connectivity index (χ4n) is 4.54. The number of fused-ring (bicyclic) bond motifs is 1. The van der Waals surface area contributed by atoms with E-state index in [-0.39, 0.29) is 24.6 Å². The second-order valence-electron chi connectivity index (χ2n) is 9.70. The molecule has 4 rings (SSSR count). The summed E-state index contributed by atoms with van der Waals surface area (Å²) in [6.07, 6.45) is 1.32. The minimum absolute atomic E-state index is 0.131. The van der Waals surface area contributed by atoms with Crippen molar-refractivity contribution < 1.29 is 27.5 Å². The molecule has 0 unspecified atom stereocenters. The summed E-state index contributed by atoms with van der Waals surface area (Å²) in [6, 6.07) is 21.0. The molecular formula is C30H35N3O6S. The SMILES string of the molecule is CCNC(=O)[C@H](Cc1ccccc1)N(Cc1ccc(C)cc1)C(=O)CN(c1ccc2c(c1)OCCO2)S(C)(=O)=O. The van der Waals surface area contributed by atoms with Crippen LogP contribution in [0.15, 0.2) is 72.8 Å². The zero-order valence-corrected chi connectivity index (χ0v) is 23.8. The van der Waals surface area contributed by atoms with Crippen LogP contribution in [0.1, 0.15) is 23.6 Å². The van der Waals surface area contributed by atoms with E-state index in [1.165, 1.54) is 4.90 Å². The highest BCUT2D eigenvalue weighted by molar-refractivity contribution is 7.92. The zero-order valence-electron chi connectivity index (χ0n) is 23.0. The van der Waals surface area contributed by atoms with E-state index in [0.29, 0.717) is 31.3 Å². The number of sulfonamides is 1. The molecule has 3 aromatic rings. The number of hydrogen-bond donors (Lipinski definition) is 1. The number of amides is 2. The van der Waals surface area contributed by atoms with Crippen LogP contribution in [0.4, 0.5) is 5.69 Å². The lowest BCUT2D eigenvalue weighted by molar-refractivity contribution is -0.140. The quantitative estimate of drug-likeness (QED) is 0.383.